The molecule has 2 aliphatic heterocycles. The van der Waals surface area contributed by atoms with Gasteiger partial charge in [0.05, 0.1) is 13.0 Å². The highest BCUT2D eigenvalue weighted by Gasteiger charge is 2.36. The Morgan fingerprint density at radius 1 is 1.10 bits per heavy atom. The molecule has 2 saturated heterocycles. The number of ether oxygens (including phenoxy) is 1. The van der Waals surface area contributed by atoms with E-state index >= 15 is 0 Å². The highest BCUT2D eigenvalue weighted by Crippen LogP contribution is 2.24. The number of anilines is 1. The van der Waals surface area contributed by atoms with E-state index in [0.29, 0.717) is 19.5 Å². The van der Waals surface area contributed by atoms with Gasteiger partial charge in [-0.05, 0) is 18.1 Å². The van der Waals surface area contributed by atoms with Gasteiger partial charge in [-0.2, -0.15) is 0 Å². The summed E-state index contributed by atoms with van der Waals surface area (Å²) >= 11 is 0. The first-order chi connectivity index (χ1) is 14.5. The van der Waals surface area contributed by atoms with Crippen LogP contribution in [0.15, 0.2) is 35.3 Å². The van der Waals surface area contributed by atoms with E-state index in [1.807, 2.05) is 30.0 Å². The molecule has 164 valence electrons. The fourth-order valence-corrected chi connectivity index (χ4v) is 4.22. The van der Waals surface area contributed by atoms with E-state index in [-0.39, 0.29) is 23.7 Å². The smallest absolute Gasteiger partial charge is 0.310 e. The maximum absolute atomic E-state index is 12.6. The second kappa shape index (κ2) is 10.3. The number of esters is 1. The number of nitrogens with one attached hydrogen (secondary N) is 1. The van der Waals surface area contributed by atoms with Gasteiger partial charge in [-0.25, -0.2) is 0 Å². The molecule has 0 aliphatic carbocycles. The number of benzene rings is 1. The van der Waals surface area contributed by atoms with Crippen LogP contribution in [0.2, 0.25) is 0 Å². The number of hydrogen-bond donors (Lipinski definition) is 1. The zero-order valence-corrected chi connectivity index (χ0v) is 18.2. The van der Waals surface area contributed by atoms with Crippen LogP contribution in [-0.4, -0.2) is 87.6 Å². The minimum atomic E-state index is -0.176. The molecule has 2 unspecified atom stereocenters. The molecule has 0 bridgehead atoms. The molecular weight excluding hydrogens is 382 g/mol. The van der Waals surface area contributed by atoms with Crippen molar-refractivity contribution in [3.63, 3.8) is 0 Å². The molecular formula is C22H33N5O3. The summed E-state index contributed by atoms with van der Waals surface area (Å²) in [5.41, 5.74) is 1.21. The van der Waals surface area contributed by atoms with Crippen LogP contribution in [0.5, 0.6) is 0 Å². The van der Waals surface area contributed by atoms with Gasteiger partial charge in [0.1, 0.15) is 0 Å². The highest BCUT2D eigenvalue weighted by molar-refractivity contribution is 5.83. The standard InChI is InChI=1S/C22H33N5O3/c1-17-15-27(16-19(17)21(29)30-3)22(23-2)24-10-9-20(28)26-13-11-25(12-14-26)18-7-5-4-6-8-18/h4-8,17,19H,9-16H2,1-3H3,(H,23,24). The van der Waals surface area contributed by atoms with Crippen molar-refractivity contribution in [2.24, 2.45) is 16.8 Å². The number of nitrogens with zero attached hydrogens (tertiary/aromatic N) is 4. The molecule has 3 rings (SSSR count). The molecule has 8 heteroatoms. The molecule has 8 nitrogen and oxygen atoms in total. The van der Waals surface area contributed by atoms with Crippen LogP contribution >= 0.6 is 0 Å². The zero-order valence-electron chi connectivity index (χ0n) is 18.2. The Bertz CT molecular complexity index is 746. The molecule has 0 aromatic heterocycles. The molecule has 30 heavy (non-hydrogen) atoms. The summed E-state index contributed by atoms with van der Waals surface area (Å²) in [6, 6.07) is 10.3. The number of methoxy groups -OCH3 is 1. The lowest BCUT2D eigenvalue weighted by Crippen LogP contribution is -2.49. The predicted octanol–water partition coefficient (Wildman–Crippen LogP) is 1.04. The van der Waals surface area contributed by atoms with Crippen LogP contribution in [0, 0.1) is 11.8 Å². The first-order valence-electron chi connectivity index (χ1n) is 10.6. The lowest BCUT2D eigenvalue weighted by Gasteiger charge is -2.36. The van der Waals surface area contributed by atoms with E-state index in [2.05, 4.69) is 32.2 Å². The summed E-state index contributed by atoms with van der Waals surface area (Å²) in [5, 5.41) is 3.28. The quantitative estimate of drug-likeness (QED) is 0.440. The Morgan fingerprint density at radius 3 is 2.43 bits per heavy atom. The summed E-state index contributed by atoms with van der Waals surface area (Å²) in [7, 11) is 3.15. The largest absolute Gasteiger partial charge is 0.469 e. The number of hydrogen-bond acceptors (Lipinski definition) is 5. The predicted molar refractivity (Wildman–Crippen MR) is 117 cm³/mol. The number of carbonyl (C=O) groups excluding carboxylic acids is 2. The molecule has 2 aliphatic rings. The molecule has 2 fully saturated rings. The van der Waals surface area contributed by atoms with E-state index in [1.165, 1.54) is 12.8 Å². The SMILES string of the molecule is CN=C(NCCC(=O)N1CCN(c2ccccc2)CC1)N1CC(C)C(C(=O)OC)C1. The average molecular weight is 416 g/mol. The van der Waals surface area contributed by atoms with E-state index in [0.717, 1.165) is 38.7 Å². The summed E-state index contributed by atoms with van der Waals surface area (Å²) in [4.78, 5) is 35.2. The monoisotopic (exact) mass is 415 g/mol. The van der Waals surface area contributed by atoms with Crippen molar-refractivity contribution in [1.29, 1.82) is 0 Å². The first-order valence-corrected chi connectivity index (χ1v) is 10.6. The van der Waals surface area contributed by atoms with Crippen LogP contribution in [0.25, 0.3) is 0 Å². The third-order valence-corrected chi connectivity index (χ3v) is 6.00. The Kier molecular flexibility index (Phi) is 7.54. The second-order valence-electron chi connectivity index (χ2n) is 7.94. The van der Waals surface area contributed by atoms with Gasteiger partial charge in [0.25, 0.3) is 0 Å². The molecule has 2 atom stereocenters. The molecule has 2 heterocycles. The number of carbonyl (C=O) groups is 2. The van der Waals surface area contributed by atoms with Crippen molar-refractivity contribution in [2.45, 2.75) is 13.3 Å². The number of likely N-dealkylation sites (tertiary alicyclic amines) is 1. The Labute approximate surface area is 178 Å². The van der Waals surface area contributed by atoms with Crippen LogP contribution < -0.4 is 10.2 Å². The van der Waals surface area contributed by atoms with Crippen molar-refractivity contribution < 1.29 is 14.3 Å². The number of rotatable bonds is 5. The van der Waals surface area contributed by atoms with Crippen LogP contribution in [-0.2, 0) is 14.3 Å². The minimum absolute atomic E-state index is 0.143. The van der Waals surface area contributed by atoms with Crippen molar-refractivity contribution >= 4 is 23.5 Å². The summed E-state index contributed by atoms with van der Waals surface area (Å²) < 4.78 is 4.90. The lowest BCUT2D eigenvalue weighted by molar-refractivity contribution is -0.146. The molecule has 1 aromatic rings. The Morgan fingerprint density at radius 2 is 1.80 bits per heavy atom. The zero-order chi connectivity index (χ0) is 21.5. The fourth-order valence-electron chi connectivity index (χ4n) is 4.22. The van der Waals surface area contributed by atoms with Gasteiger partial charge in [-0.15, -0.1) is 0 Å². The van der Waals surface area contributed by atoms with Gasteiger partial charge in [-0.1, -0.05) is 25.1 Å². The van der Waals surface area contributed by atoms with Gasteiger partial charge in [0.2, 0.25) is 5.91 Å². The van der Waals surface area contributed by atoms with E-state index in [9.17, 15) is 9.59 Å². The van der Waals surface area contributed by atoms with Crippen molar-refractivity contribution in [3.05, 3.63) is 30.3 Å². The van der Waals surface area contributed by atoms with E-state index in [4.69, 9.17) is 4.74 Å². The molecule has 1 aromatic carbocycles. The van der Waals surface area contributed by atoms with Crippen molar-refractivity contribution in [3.8, 4) is 0 Å². The lowest BCUT2D eigenvalue weighted by atomic mass is 9.99. The molecule has 1 N–H and O–H groups in total. The topological polar surface area (TPSA) is 77.5 Å². The van der Waals surface area contributed by atoms with Crippen LogP contribution in [0.4, 0.5) is 5.69 Å². The fraction of sp³-hybridized carbons (Fsp3) is 0.591. The minimum Gasteiger partial charge on any atom is -0.469 e. The number of amides is 1. The molecule has 1 amide bonds. The summed E-state index contributed by atoms with van der Waals surface area (Å²) in [6.45, 7) is 7.10. The molecule has 0 spiro atoms. The van der Waals surface area contributed by atoms with Crippen molar-refractivity contribution in [2.75, 3.05) is 64.9 Å². The average Bonchev–Trinajstić information content (AvgIpc) is 3.18. The van der Waals surface area contributed by atoms with Crippen molar-refractivity contribution in [1.82, 2.24) is 15.1 Å². The number of piperazine rings is 1. The summed E-state index contributed by atoms with van der Waals surface area (Å²) in [5.74, 6) is 0.780. The number of aliphatic imine (C=N–C) groups is 1. The van der Waals surface area contributed by atoms with Gasteiger partial charge < -0.3 is 24.8 Å². The Balaban J connectivity index is 1.41. The van der Waals surface area contributed by atoms with Crippen LogP contribution in [0.3, 0.4) is 0 Å². The molecule has 0 saturated carbocycles. The number of para-hydroxylation sites is 1. The van der Waals surface area contributed by atoms with Gasteiger partial charge in [0.15, 0.2) is 5.96 Å². The third kappa shape index (κ3) is 5.23. The Hall–Kier alpha value is -2.77. The number of guanidine groups is 1. The van der Waals surface area contributed by atoms with Gasteiger partial charge in [0, 0.05) is 65.0 Å². The third-order valence-electron chi connectivity index (χ3n) is 6.00. The highest BCUT2D eigenvalue weighted by atomic mass is 16.5. The molecule has 0 radical (unpaired) electrons. The summed E-state index contributed by atoms with van der Waals surface area (Å²) in [6.07, 6.45) is 0.425. The van der Waals surface area contributed by atoms with E-state index < -0.39 is 0 Å². The maximum Gasteiger partial charge on any atom is 0.310 e. The normalized spacial score (nSPS) is 22.2. The maximum atomic E-state index is 12.6. The van der Waals surface area contributed by atoms with Crippen LogP contribution in [0.1, 0.15) is 13.3 Å². The first kappa shape index (κ1) is 21.9. The second-order valence-corrected chi connectivity index (χ2v) is 7.94. The van der Waals surface area contributed by atoms with E-state index in [1.54, 1.807) is 7.05 Å². The van der Waals surface area contributed by atoms with Gasteiger partial charge in [-0.3, -0.25) is 14.6 Å². The van der Waals surface area contributed by atoms with Gasteiger partial charge >= 0.3 is 5.97 Å².